The fraction of sp³-hybridized carbons (Fsp3) is 0.700. The van der Waals surface area contributed by atoms with Gasteiger partial charge in [0.15, 0.2) is 0 Å². The first-order valence-electron chi connectivity index (χ1n) is 5.11. The van der Waals surface area contributed by atoms with Crippen molar-refractivity contribution in [2.45, 2.75) is 25.8 Å². The third-order valence-electron chi connectivity index (χ3n) is 2.08. The van der Waals surface area contributed by atoms with Crippen molar-refractivity contribution >= 4 is 0 Å². The summed E-state index contributed by atoms with van der Waals surface area (Å²) in [4.78, 5) is 0. The van der Waals surface area contributed by atoms with Crippen LogP contribution in [0.15, 0.2) is 12.3 Å². The molecule has 0 aliphatic carbocycles. The second kappa shape index (κ2) is 7.53. The molecule has 0 bridgehead atoms. The van der Waals surface area contributed by atoms with E-state index in [0.29, 0.717) is 0 Å². The Morgan fingerprint density at radius 1 is 1.43 bits per heavy atom. The van der Waals surface area contributed by atoms with Gasteiger partial charge in [-0.25, -0.2) is 0 Å². The Kier molecular flexibility index (Phi) is 6.02. The summed E-state index contributed by atoms with van der Waals surface area (Å²) in [6.45, 7) is 2.81. The summed E-state index contributed by atoms with van der Waals surface area (Å²) in [5, 5.41) is 10.1. The highest BCUT2D eigenvalue weighted by molar-refractivity contribution is 4.96. The predicted molar refractivity (Wildman–Crippen MR) is 56.0 cm³/mol. The Bertz CT molecular complexity index is 211. The van der Waals surface area contributed by atoms with Gasteiger partial charge in [0.05, 0.1) is 0 Å². The summed E-state index contributed by atoms with van der Waals surface area (Å²) >= 11 is 0. The zero-order valence-corrected chi connectivity index (χ0v) is 8.75. The van der Waals surface area contributed by atoms with E-state index in [2.05, 4.69) is 15.5 Å². The lowest BCUT2D eigenvalue weighted by atomic mass is 10.2. The highest BCUT2D eigenvalue weighted by Crippen LogP contribution is 1.95. The van der Waals surface area contributed by atoms with Crippen LogP contribution < -0.4 is 5.32 Å². The van der Waals surface area contributed by atoms with Crippen molar-refractivity contribution in [2.75, 3.05) is 20.3 Å². The van der Waals surface area contributed by atoms with Crippen molar-refractivity contribution in [1.82, 2.24) is 15.5 Å². The molecule has 0 aliphatic heterocycles. The first-order chi connectivity index (χ1) is 6.93. The van der Waals surface area contributed by atoms with E-state index in [0.717, 1.165) is 31.8 Å². The van der Waals surface area contributed by atoms with Gasteiger partial charge in [-0.15, -0.1) is 0 Å². The number of aromatic amines is 1. The summed E-state index contributed by atoms with van der Waals surface area (Å²) < 4.78 is 4.97. The van der Waals surface area contributed by atoms with Crippen LogP contribution in [-0.2, 0) is 11.3 Å². The molecule has 14 heavy (non-hydrogen) atoms. The minimum absolute atomic E-state index is 0.876. The molecule has 0 saturated carbocycles. The number of hydrogen-bond donors (Lipinski definition) is 2. The fourth-order valence-electron chi connectivity index (χ4n) is 1.28. The number of rotatable bonds is 8. The Labute approximate surface area is 85.0 Å². The summed E-state index contributed by atoms with van der Waals surface area (Å²) in [7, 11) is 1.75. The third kappa shape index (κ3) is 4.99. The van der Waals surface area contributed by atoms with Crippen molar-refractivity contribution in [3.8, 4) is 0 Å². The molecule has 0 spiro atoms. The lowest BCUT2D eigenvalue weighted by Crippen LogP contribution is -2.15. The smallest absolute Gasteiger partial charge is 0.0490 e. The maximum absolute atomic E-state index is 4.97. The van der Waals surface area contributed by atoms with Gasteiger partial charge in [0.25, 0.3) is 0 Å². The van der Waals surface area contributed by atoms with Crippen molar-refractivity contribution in [3.63, 3.8) is 0 Å². The van der Waals surface area contributed by atoms with Gasteiger partial charge in [0.2, 0.25) is 0 Å². The first kappa shape index (κ1) is 11.2. The standard InChI is InChI=1S/C10H19N3O/c1-14-8-4-2-3-6-11-9-10-5-7-12-13-10/h5,7,11H,2-4,6,8-9H2,1H3,(H,12,13). The molecular formula is C10H19N3O. The van der Waals surface area contributed by atoms with E-state index >= 15 is 0 Å². The largest absolute Gasteiger partial charge is 0.385 e. The average Bonchev–Trinajstić information content (AvgIpc) is 2.69. The van der Waals surface area contributed by atoms with E-state index in [1.165, 1.54) is 12.8 Å². The molecule has 0 radical (unpaired) electrons. The molecule has 0 atom stereocenters. The molecule has 1 aromatic heterocycles. The number of nitrogens with one attached hydrogen (secondary N) is 2. The van der Waals surface area contributed by atoms with E-state index in [9.17, 15) is 0 Å². The Morgan fingerprint density at radius 3 is 3.07 bits per heavy atom. The monoisotopic (exact) mass is 197 g/mol. The van der Waals surface area contributed by atoms with Crippen LogP contribution in [0, 0.1) is 0 Å². The van der Waals surface area contributed by atoms with E-state index in [-0.39, 0.29) is 0 Å². The van der Waals surface area contributed by atoms with Gasteiger partial charge < -0.3 is 10.1 Å². The van der Waals surface area contributed by atoms with E-state index in [4.69, 9.17) is 4.74 Å². The van der Waals surface area contributed by atoms with Crippen LogP contribution in [0.2, 0.25) is 0 Å². The normalized spacial score (nSPS) is 10.6. The van der Waals surface area contributed by atoms with Crippen molar-refractivity contribution in [3.05, 3.63) is 18.0 Å². The quantitative estimate of drug-likeness (QED) is 0.618. The molecule has 0 aliphatic rings. The first-order valence-corrected chi connectivity index (χ1v) is 5.11. The SMILES string of the molecule is COCCCCCNCc1ccn[nH]1. The number of hydrogen-bond acceptors (Lipinski definition) is 3. The lowest BCUT2D eigenvalue weighted by molar-refractivity contribution is 0.192. The van der Waals surface area contributed by atoms with Gasteiger partial charge in [-0.1, -0.05) is 0 Å². The van der Waals surface area contributed by atoms with Crippen LogP contribution in [0.3, 0.4) is 0 Å². The highest BCUT2D eigenvalue weighted by Gasteiger charge is 1.92. The molecule has 4 nitrogen and oxygen atoms in total. The zero-order chi connectivity index (χ0) is 10.1. The maximum Gasteiger partial charge on any atom is 0.0490 e. The van der Waals surface area contributed by atoms with Gasteiger partial charge in [-0.2, -0.15) is 5.10 Å². The van der Waals surface area contributed by atoms with Gasteiger partial charge >= 0.3 is 0 Å². The molecule has 1 heterocycles. The second-order valence-corrected chi connectivity index (χ2v) is 3.31. The molecule has 0 unspecified atom stereocenters. The van der Waals surface area contributed by atoms with Crippen LogP contribution in [-0.4, -0.2) is 30.5 Å². The topological polar surface area (TPSA) is 49.9 Å². The molecule has 2 N–H and O–H groups in total. The molecular weight excluding hydrogens is 178 g/mol. The molecule has 1 rings (SSSR count). The van der Waals surface area contributed by atoms with Crippen molar-refractivity contribution < 1.29 is 4.74 Å². The van der Waals surface area contributed by atoms with Crippen LogP contribution >= 0.6 is 0 Å². The van der Waals surface area contributed by atoms with Gasteiger partial charge in [0.1, 0.15) is 0 Å². The van der Waals surface area contributed by atoms with Crippen LogP contribution in [0.25, 0.3) is 0 Å². The summed E-state index contributed by atoms with van der Waals surface area (Å²) in [5.41, 5.74) is 1.14. The maximum atomic E-state index is 4.97. The molecule has 1 aromatic rings. The summed E-state index contributed by atoms with van der Waals surface area (Å²) in [6, 6.07) is 1.98. The Balaban J connectivity index is 1.85. The molecule has 80 valence electrons. The molecule has 0 saturated heterocycles. The van der Waals surface area contributed by atoms with E-state index in [1.54, 1.807) is 13.3 Å². The Morgan fingerprint density at radius 2 is 2.36 bits per heavy atom. The van der Waals surface area contributed by atoms with Crippen LogP contribution in [0.5, 0.6) is 0 Å². The number of H-pyrrole nitrogens is 1. The van der Waals surface area contributed by atoms with Crippen LogP contribution in [0.1, 0.15) is 25.0 Å². The van der Waals surface area contributed by atoms with Gasteiger partial charge in [-0.05, 0) is 31.9 Å². The number of methoxy groups -OCH3 is 1. The summed E-state index contributed by atoms with van der Waals surface area (Å²) in [5.74, 6) is 0. The predicted octanol–water partition coefficient (Wildman–Crippen LogP) is 1.32. The molecule has 0 aromatic carbocycles. The van der Waals surface area contributed by atoms with Gasteiger partial charge in [-0.3, -0.25) is 5.10 Å². The van der Waals surface area contributed by atoms with Crippen molar-refractivity contribution in [2.24, 2.45) is 0 Å². The molecule has 0 fully saturated rings. The third-order valence-corrected chi connectivity index (χ3v) is 2.08. The molecule has 4 heteroatoms. The van der Waals surface area contributed by atoms with Crippen molar-refractivity contribution in [1.29, 1.82) is 0 Å². The Hall–Kier alpha value is -0.870. The number of nitrogens with zero attached hydrogens (tertiary/aromatic N) is 1. The second-order valence-electron chi connectivity index (χ2n) is 3.31. The van der Waals surface area contributed by atoms with E-state index < -0.39 is 0 Å². The molecule has 0 amide bonds. The fourth-order valence-corrected chi connectivity index (χ4v) is 1.28. The number of ether oxygens (including phenoxy) is 1. The lowest BCUT2D eigenvalue weighted by Gasteiger charge is -2.02. The average molecular weight is 197 g/mol. The van der Waals surface area contributed by atoms with E-state index in [1.807, 2.05) is 6.07 Å². The minimum atomic E-state index is 0.876. The number of unbranched alkanes of at least 4 members (excludes halogenated alkanes) is 2. The number of aromatic nitrogens is 2. The summed E-state index contributed by atoms with van der Waals surface area (Å²) in [6.07, 6.45) is 5.36. The van der Waals surface area contributed by atoms with Crippen LogP contribution in [0.4, 0.5) is 0 Å². The zero-order valence-electron chi connectivity index (χ0n) is 8.75. The minimum Gasteiger partial charge on any atom is -0.385 e. The highest BCUT2D eigenvalue weighted by atomic mass is 16.5. The van der Waals surface area contributed by atoms with Gasteiger partial charge in [0, 0.05) is 32.2 Å².